The van der Waals surface area contributed by atoms with Gasteiger partial charge >= 0.3 is 0 Å². The van der Waals surface area contributed by atoms with Crippen molar-refractivity contribution in [2.45, 2.75) is 20.0 Å². The molecule has 2 rings (SSSR count). The normalized spacial score (nSPS) is 10.3. The summed E-state index contributed by atoms with van der Waals surface area (Å²) in [7, 11) is 1.63. The van der Waals surface area contributed by atoms with Crippen molar-refractivity contribution in [2.24, 2.45) is 0 Å². The molecule has 0 unspecified atom stereocenters. The molecular formula is C14H15ClN2O2. The summed E-state index contributed by atoms with van der Waals surface area (Å²) in [6, 6.07) is 5.90. The molecule has 5 heteroatoms. The fourth-order valence-corrected chi connectivity index (χ4v) is 1.71. The van der Waals surface area contributed by atoms with Crippen molar-refractivity contribution >= 4 is 11.6 Å². The molecule has 0 radical (unpaired) electrons. The highest BCUT2D eigenvalue weighted by Crippen LogP contribution is 2.28. The number of ether oxygens (including phenoxy) is 2. The fraction of sp³-hybridized carbons (Fsp3) is 0.286. The molecule has 0 spiro atoms. The van der Waals surface area contributed by atoms with Crippen molar-refractivity contribution in [3.63, 3.8) is 0 Å². The third kappa shape index (κ3) is 3.58. The first kappa shape index (κ1) is 13.6. The van der Waals surface area contributed by atoms with Crippen LogP contribution >= 0.6 is 11.6 Å². The summed E-state index contributed by atoms with van der Waals surface area (Å²) in [5.74, 6) is 1.41. The highest BCUT2D eigenvalue weighted by atomic mass is 35.5. The molecule has 1 heterocycles. The van der Waals surface area contributed by atoms with Gasteiger partial charge in [0.1, 0.15) is 11.8 Å². The molecular weight excluding hydrogens is 264 g/mol. The molecule has 0 bridgehead atoms. The zero-order chi connectivity index (χ0) is 13.7. The Morgan fingerprint density at radius 1 is 1.16 bits per heavy atom. The van der Waals surface area contributed by atoms with E-state index in [0.717, 1.165) is 12.2 Å². The molecule has 1 aromatic heterocycles. The Hall–Kier alpha value is -1.81. The predicted octanol–water partition coefficient (Wildman–Crippen LogP) is 3.28. The van der Waals surface area contributed by atoms with Gasteiger partial charge in [-0.05, 0) is 24.1 Å². The van der Waals surface area contributed by atoms with Crippen LogP contribution in [0.3, 0.4) is 0 Å². The minimum atomic E-state index is 0.325. The molecule has 4 nitrogen and oxygen atoms in total. The molecule has 19 heavy (non-hydrogen) atoms. The molecule has 1 aromatic carbocycles. The predicted molar refractivity (Wildman–Crippen MR) is 73.7 cm³/mol. The van der Waals surface area contributed by atoms with Crippen LogP contribution in [0.5, 0.6) is 11.5 Å². The number of nitrogens with zero attached hydrogens (tertiary/aromatic N) is 2. The smallest absolute Gasteiger partial charge is 0.161 e. The summed E-state index contributed by atoms with van der Waals surface area (Å²) in [6.07, 6.45) is 4.05. The van der Waals surface area contributed by atoms with Gasteiger partial charge in [-0.1, -0.05) is 24.6 Å². The largest absolute Gasteiger partial charge is 0.493 e. The lowest BCUT2D eigenvalue weighted by Crippen LogP contribution is -2.00. The standard InChI is InChI=1S/C14H15ClN2O2/c1-3-10-4-5-12(13(6-10)18-2)19-9-11-7-17-14(15)8-16-11/h4-8H,3,9H2,1-2H3. The maximum atomic E-state index is 5.68. The maximum absolute atomic E-state index is 5.68. The van der Waals surface area contributed by atoms with Crippen molar-refractivity contribution in [2.75, 3.05) is 7.11 Å². The zero-order valence-electron chi connectivity index (χ0n) is 10.9. The van der Waals surface area contributed by atoms with E-state index in [0.29, 0.717) is 23.2 Å². The van der Waals surface area contributed by atoms with Gasteiger partial charge in [-0.15, -0.1) is 0 Å². The Kier molecular flexibility index (Phi) is 4.58. The van der Waals surface area contributed by atoms with Crippen molar-refractivity contribution in [3.05, 3.63) is 47.0 Å². The van der Waals surface area contributed by atoms with Gasteiger partial charge in [0.15, 0.2) is 11.5 Å². The number of aryl methyl sites for hydroxylation is 1. The minimum absolute atomic E-state index is 0.325. The van der Waals surface area contributed by atoms with Crippen LogP contribution in [0.4, 0.5) is 0 Å². The van der Waals surface area contributed by atoms with Gasteiger partial charge in [0.25, 0.3) is 0 Å². The van der Waals surface area contributed by atoms with Gasteiger partial charge in [-0.3, -0.25) is 4.98 Å². The average Bonchev–Trinajstić information content (AvgIpc) is 2.46. The Morgan fingerprint density at radius 2 is 2.00 bits per heavy atom. The summed E-state index contributed by atoms with van der Waals surface area (Å²) >= 11 is 5.68. The van der Waals surface area contributed by atoms with Crippen molar-refractivity contribution in [3.8, 4) is 11.5 Å². The number of benzene rings is 1. The van der Waals surface area contributed by atoms with Crippen molar-refractivity contribution < 1.29 is 9.47 Å². The lowest BCUT2D eigenvalue weighted by Gasteiger charge is -2.11. The second kappa shape index (κ2) is 6.38. The van der Waals surface area contributed by atoms with E-state index in [4.69, 9.17) is 21.1 Å². The Morgan fingerprint density at radius 3 is 2.63 bits per heavy atom. The van der Waals surface area contributed by atoms with Gasteiger partial charge in [-0.25, -0.2) is 4.98 Å². The molecule has 0 aliphatic rings. The molecule has 0 aliphatic heterocycles. The summed E-state index contributed by atoms with van der Waals surface area (Å²) in [6.45, 7) is 2.42. The van der Waals surface area contributed by atoms with E-state index in [1.165, 1.54) is 11.8 Å². The molecule has 0 amide bonds. The van der Waals surface area contributed by atoms with Crippen LogP contribution in [0.1, 0.15) is 18.2 Å². The van der Waals surface area contributed by atoms with Gasteiger partial charge in [0, 0.05) is 0 Å². The molecule has 0 saturated carbocycles. The van der Waals surface area contributed by atoms with E-state index < -0.39 is 0 Å². The molecule has 0 saturated heterocycles. The van der Waals surface area contributed by atoms with Crippen molar-refractivity contribution in [1.29, 1.82) is 0 Å². The first-order valence-electron chi connectivity index (χ1n) is 5.99. The van der Waals surface area contributed by atoms with E-state index in [1.807, 2.05) is 18.2 Å². The van der Waals surface area contributed by atoms with Gasteiger partial charge in [-0.2, -0.15) is 0 Å². The molecule has 0 N–H and O–H groups in total. The van der Waals surface area contributed by atoms with Gasteiger partial charge in [0.2, 0.25) is 0 Å². The third-order valence-electron chi connectivity index (χ3n) is 2.69. The number of methoxy groups -OCH3 is 1. The summed E-state index contributed by atoms with van der Waals surface area (Å²) in [5.41, 5.74) is 1.92. The third-order valence-corrected chi connectivity index (χ3v) is 2.88. The number of hydrogen-bond acceptors (Lipinski definition) is 4. The summed E-state index contributed by atoms with van der Waals surface area (Å²) in [4.78, 5) is 8.08. The van der Waals surface area contributed by atoms with Gasteiger partial charge in [0.05, 0.1) is 25.2 Å². The second-order valence-corrected chi connectivity index (χ2v) is 4.35. The number of halogens is 1. The first-order valence-corrected chi connectivity index (χ1v) is 6.37. The molecule has 100 valence electrons. The van der Waals surface area contributed by atoms with Crippen molar-refractivity contribution in [1.82, 2.24) is 9.97 Å². The molecule has 0 aliphatic carbocycles. The highest BCUT2D eigenvalue weighted by molar-refractivity contribution is 6.29. The number of rotatable bonds is 5. The van der Waals surface area contributed by atoms with Gasteiger partial charge < -0.3 is 9.47 Å². The average molecular weight is 279 g/mol. The highest BCUT2D eigenvalue weighted by Gasteiger charge is 2.06. The van der Waals surface area contributed by atoms with E-state index in [9.17, 15) is 0 Å². The summed E-state index contributed by atoms with van der Waals surface area (Å²) in [5, 5.41) is 0.369. The van der Waals surface area contributed by atoms with Crippen LogP contribution in [0, 0.1) is 0 Å². The summed E-state index contributed by atoms with van der Waals surface area (Å²) < 4.78 is 11.0. The molecule has 2 aromatic rings. The Bertz CT molecular complexity index is 544. The van der Waals surface area contributed by atoms with E-state index >= 15 is 0 Å². The second-order valence-electron chi connectivity index (χ2n) is 3.96. The van der Waals surface area contributed by atoms with E-state index in [1.54, 1.807) is 13.3 Å². The Labute approximate surface area is 117 Å². The topological polar surface area (TPSA) is 44.2 Å². The van der Waals surface area contributed by atoms with Crippen LogP contribution in [0.15, 0.2) is 30.6 Å². The monoisotopic (exact) mass is 278 g/mol. The van der Waals surface area contributed by atoms with Crippen LogP contribution in [0.25, 0.3) is 0 Å². The van der Waals surface area contributed by atoms with Crippen LogP contribution < -0.4 is 9.47 Å². The quantitative estimate of drug-likeness (QED) is 0.842. The lowest BCUT2D eigenvalue weighted by atomic mass is 10.1. The van der Waals surface area contributed by atoms with E-state index in [2.05, 4.69) is 16.9 Å². The molecule has 0 atom stereocenters. The fourth-order valence-electron chi connectivity index (χ4n) is 1.62. The Balaban J connectivity index is 2.08. The van der Waals surface area contributed by atoms with Crippen LogP contribution in [-0.4, -0.2) is 17.1 Å². The maximum Gasteiger partial charge on any atom is 0.161 e. The van der Waals surface area contributed by atoms with E-state index in [-0.39, 0.29) is 0 Å². The number of aromatic nitrogens is 2. The lowest BCUT2D eigenvalue weighted by molar-refractivity contribution is 0.280. The van der Waals surface area contributed by atoms with Crippen LogP contribution in [0.2, 0.25) is 5.15 Å². The number of hydrogen-bond donors (Lipinski definition) is 0. The van der Waals surface area contributed by atoms with Crippen LogP contribution in [-0.2, 0) is 13.0 Å². The minimum Gasteiger partial charge on any atom is -0.493 e. The SMILES string of the molecule is CCc1ccc(OCc2cnc(Cl)cn2)c(OC)c1. The first-order chi connectivity index (χ1) is 9.22. The molecule has 0 fully saturated rings. The zero-order valence-corrected chi connectivity index (χ0v) is 11.6.